The first-order valence-electron chi connectivity index (χ1n) is 14.3. The van der Waals surface area contributed by atoms with Gasteiger partial charge in [0.1, 0.15) is 40.7 Å². The van der Waals surface area contributed by atoms with Gasteiger partial charge in [-0.15, -0.1) is 0 Å². The van der Waals surface area contributed by atoms with Crippen molar-refractivity contribution in [2.75, 3.05) is 51.4 Å². The van der Waals surface area contributed by atoms with E-state index in [4.69, 9.17) is 10.5 Å². The number of piperazine rings is 1. The second-order valence-corrected chi connectivity index (χ2v) is 11.2. The Bertz CT molecular complexity index is 1590. The minimum Gasteiger partial charge on any atom is -0.495 e. The lowest BCUT2D eigenvalue weighted by atomic mass is 9.89. The third kappa shape index (κ3) is 5.30. The van der Waals surface area contributed by atoms with Gasteiger partial charge in [-0.1, -0.05) is 12.1 Å². The summed E-state index contributed by atoms with van der Waals surface area (Å²) in [7, 11) is 3.65. The van der Waals surface area contributed by atoms with Crippen molar-refractivity contribution in [2.45, 2.75) is 37.8 Å². The number of halogens is 2. The molecule has 3 heterocycles. The van der Waals surface area contributed by atoms with Gasteiger partial charge in [0.25, 0.3) is 5.91 Å². The molecule has 1 amide bonds. The van der Waals surface area contributed by atoms with E-state index in [0.717, 1.165) is 86.2 Å². The number of likely N-dealkylation sites (N-methyl/N-ethyl adjacent to an activating group) is 1. The quantitative estimate of drug-likeness (QED) is 0.336. The minimum absolute atomic E-state index is 0.282. The molecule has 0 atom stereocenters. The van der Waals surface area contributed by atoms with Gasteiger partial charge in [-0.3, -0.25) is 9.69 Å². The smallest absolute Gasteiger partial charge is 0.261 e. The fourth-order valence-corrected chi connectivity index (χ4v) is 6.36. The number of amides is 1. The van der Waals surface area contributed by atoms with Crippen LogP contribution in [0, 0.1) is 11.6 Å². The largest absolute Gasteiger partial charge is 0.495 e. The maximum Gasteiger partial charge on any atom is 0.261 e. The zero-order valence-corrected chi connectivity index (χ0v) is 23.8. The van der Waals surface area contributed by atoms with E-state index in [1.165, 1.54) is 19.5 Å². The molecule has 3 N–H and O–H groups in total. The lowest BCUT2D eigenvalue weighted by molar-refractivity contribution is 0.0828. The molecule has 2 aromatic heterocycles. The van der Waals surface area contributed by atoms with Crippen LogP contribution in [0.3, 0.4) is 0 Å². The van der Waals surface area contributed by atoms with Crippen molar-refractivity contribution in [2.24, 2.45) is 0 Å². The second kappa shape index (κ2) is 11.7. The van der Waals surface area contributed by atoms with E-state index in [1.54, 1.807) is 12.1 Å². The number of nitrogens with two attached hydrogens (primary N) is 1. The molecule has 9 nitrogen and oxygen atoms in total. The zero-order valence-electron chi connectivity index (χ0n) is 23.8. The monoisotopic (exact) mass is 575 g/mol. The molecule has 6 rings (SSSR count). The predicted molar refractivity (Wildman–Crippen MR) is 159 cm³/mol. The van der Waals surface area contributed by atoms with Crippen molar-refractivity contribution in [3.05, 3.63) is 66.1 Å². The Morgan fingerprint density at radius 1 is 1.00 bits per heavy atom. The average molecular weight is 576 g/mol. The van der Waals surface area contributed by atoms with Gasteiger partial charge in [-0.2, -0.15) is 0 Å². The van der Waals surface area contributed by atoms with E-state index in [0.29, 0.717) is 17.6 Å². The highest BCUT2D eigenvalue weighted by molar-refractivity contribution is 6.06. The Morgan fingerprint density at radius 2 is 1.69 bits per heavy atom. The van der Waals surface area contributed by atoms with Crippen LogP contribution < -0.4 is 15.8 Å². The predicted octanol–water partition coefficient (Wildman–Crippen LogP) is 4.95. The van der Waals surface area contributed by atoms with Crippen LogP contribution in [0.15, 0.2) is 48.9 Å². The van der Waals surface area contributed by atoms with E-state index >= 15 is 0 Å². The highest BCUT2D eigenvalue weighted by Gasteiger charge is 2.30. The number of rotatable bonds is 6. The Morgan fingerprint density at radius 3 is 2.38 bits per heavy atom. The number of hydrogen-bond acceptors (Lipinski definition) is 7. The third-order valence-electron chi connectivity index (χ3n) is 8.70. The van der Waals surface area contributed by atoms with Crippen molar-refractivity contribution in [3.8, 4) is 16.9 Å². The minimum atomic E-state index is -0.941. The van der Waals surface area contributed by atoms with E-state index in [2.05, 4.69) is 42.9 Å². The lowest BCUT2D eigenvalue weighted by Gasteiger charge is -2.41. The summed E-state index contributed by atoms with van der Waals surface area (Å²) in [6, 6.07) is 9.42. The van der Waals surface area contributed by atoms with E-state index in [1.807, 2.05) is 6.07 Å². The molecule has 4 aromatic rings. The van der Waals surface area contributed by atoms with Crippen molar-refractivity contribution >= 4 is 28.4 Å². The Kier molecular flexibility index (Phi) is 7.78. The van der Waals surface area contributed by atoms with Crippen LogP contribution in [0.4, 0.5) is 20.3 Å². The number of fused-ring (bicyclic) bond motifs is 1. The number of aromatic nitrogens is 3. The van der Waals surface area contributed by atoms with Crippen LogP contribution in [0.5, 0.6) is 5.75 Å². The molecular formula is C31H35F2N7O2. The van der Waals surface area contributed by atoms with Gasteiger partial charge >= 0.3 is 0 Å². The summed E-state index contributed by atoms with van der Waals surface area (Å²) in [6.07, 6.45) is 7.94. The number of nitrogens with one attached hydrogen (secondary N) is 1. The summed E-state index contributed by atoms with van der Waals surface area (Å²) in [6.45, 7) is 4.49. The van der Waals surface area contributed by atoms with E-state index < -0.39 is 23.1 Å². The summed E-state index contributed by atoms with van der Waals surface area (Å²) in [5.74, 6) is -2.07. The van der Waals surface area contributed by atoms with Gasteiger partial charge in [0, 0.05) is 50.0 Å². The van der Waals surface area contributed by atoms with Gasteiger partial charge in [0.2, 0.25) is 0 Å². The first-order chi connectivity index (χ1) is 20.3. The SMILES string of the molecule is COc1cc(-c2cn(C3CCC(N4CCN(C)CC4)CC3)c3ncnc(N)c23)ccc1NC(=O)c1c(F)cccc1F. The van der Waals surface area contributed by atoms with Crippen LogP contribution >= 0.6 is 0 Å². The summed E-state index contributed by atoms with van der Waals surface area (Å²) in [5.41, 5.74) is 8.44. The number of anilines is 2. The first kappa shape index (κ1) is 28.0. The molecule has 0 spiro atoms. The highest BCUT2D eigenvalue weighted by atomic mass is 19.1. The fraction of sp³-hybridized carbons (Fsp3) is 0.387. The van der Waals surface area contributed by atoms with Crippen molar-refractivity contribution in [1.29, 1.82) is 0 Å². The van der Waals surface area contributed by atoms with Gasteiger partial charge in [-0.05, 0) is 62.6 Å². The molecule has 42 heavy (non-hydrogen) atoms. The Labute approximate surface area is 243 Å². The number of benzene rings is 2. The maximum absolute atomic E-state index is 14.2. The fourth-order valence-electron chi connectivity index (χ4n) is 6.36. The van der Waals surface area contributed by atoms with Gasteiger partial charge < -0.3 is 25.3 Å². The van der Waals surface area contributed by atoms with E-state index in [9.17, 15) is 13.6 Å². The molecule has 1 aliphatic carbocycles. The summed E-state index contributed by atoms with van der Waals surface area (Å²) in [5, 5.41) is 3.33. The first-order valence-corrected chi connectivity index (χ1v) is 14.3. The number of hydrogen-bond donors (Lipinski definition) is 2. The summed E-state index contributed by atoms with van der Waals surface area (Å²) < 4.78 is 36.2. The number of ether oxygens (including phenoxy) is 1. The summed E-state index contributed by atoms with van der Waals surface area (Å²) in [4.78, 5) is 26.6. The third-order valence-corrected chi connectivity index (χ3v) is 8.70. The Balaban J connectivity index is 1.27. The van der Waals surface area contributed by atoms with Gasteiger partial charge in [0.15, 0.2) is 0 Å². The van der Waals surface area contributed by atoms with Crippen LogP contribution in [-0.2, 0) is 0 Å². The van der Waals surface area contributed by atoms with Crippen LogP contribution in [0.2, 0.25) is 0 Å². The number of methoxy groups -OCH3 is 1. The van der Waals surface area contributed by atoms with Gasteiger partial charge in [-0.25, -0.2) is 18.7 Å². The summed E-state index contributed by atoms with van der Waals surface area (Å²) >= 11 is 0. The normalized spacial score (nSPS) is 20.1. The number of nitrogen functional groups attached to an aromatic ring is 1. The molecule has 11 heteroatoms. The second-order valence-electron chi connectivity index (χ2n) is 11.2. The molecule has 1 saturated carbocycles. The zero-order chi connectivity index (χ0) is 29.4. The van der Waals surface area contributed by atoms with Gasteiger partial charge in [0.05, 0.1) is 18.2 Å². The maximum atomic E-state index is 14.2. The lowest BCUT2D eigenvalue weighted by Crippen LogP contribution is -2.49. The molecule has 0 unspecified atom stereocenters. The van der Waals surface area contributed by atoms with Crippen LogP contribution in [0.25, 0.3) is 22.2 Å². The number of nitrogens with zero attached hydrogens (tertiary/aromatic N) is 5. The van der Waals surface area contributed by atoms with Crippen molar-refractivity contribution < 1.29 is 18.3 Å². The number of carbonyl (C=O) groups excluding carboxylic acids is 1. The van der Waals surface area contributed by atoms with E-state index in [-0.39, 0.29) is 11.7 Å². The average Bonchev–Trinajstić information content (AvgIpc) is 3.39. The molecule has 2 aliphatic rings. The molecule has 0 bridgehead atoms. The standard InChI is InChI=1S/C31H35F2N7O2/c1-38-12-14-39(15-13-38)20-7-9-21(10-8-20)40-17-22(27-29(34)35-18-36-30(27)40)19-6-11-25(26(16-19)42-2)37-31(41)28-23(32)4-3-5-24(28)33/h3-6,11,16-18,20-21H,7-10,12-15H2,1-2H3,(H,37,41)(H2,34,35,36). The van der Waals surface area contributed by atoms with Crippen molar-refractivity contribution in [1.82, 2.24) is 24.3 Å². The molecule has 0 radical (unpaired) electrons. The molecule has 220 valence electrons. The molecule has 1 saturated heterocycles. The van der Waals surface area contributed by atoms with Crippen molar-refractivity contribution in [3.63, 3.8) is 0 Å². The number of carbonyl (C=O) groups is 1. The molecule has 2 fully saturated rings. The van der Waals surface area contributed by atoms with Crippen LogP contribution in [0.1, 0.15) is 42.1 Å². The molecule has 1 aliphatic heterocycles. The van der Waals surface area contributed by atoms with Crippen LogP contribution in [-0.4, -0.2) is 76.6 Å². The topological polar surface area (TPSA) is 102 Å². The highest BCUT2D eigenvalue weighted by Crippen LogP contribution is 2.41. The molecule has 2 aromatic carbocycles. The molecular weight excluding hydrogens is 540 g/mol. The Hall–Kier alpha value is -4.09.